The molecule has 2 aromatic rings. The highest BCUT2D eigenvalue weighted by atomic mass is 16.4. The van der Waals surface area contributed by atoms with E-state index in [0.29, 0.717) is 0 Å². The lowest BCUT2D eigenvalue weighted by Gasteiger charge is -2.01. The molecule has 1 aliphatic carbocycles. The highest BCUT2D eigenvalue weighted by molar-refractivity contribution is 5.75. The average Bonchev–Trinajstić information content (AvgIpc) is 2.93. The van der Waals surface area contributed by atoms with Crippen LogP contribution in [0.1, 0.15) is 23.6 Å². The van der Waals surface area contributed by atoms with Crippen LogP contribution < -0.4 is 0 Å². The molecule has 0 spiro atoms. The van der Waals surface area contributed by atoms with Gasteiger partial charge in [-0.3, -0.25) is 4.79 Å². The van der Waals surface area contributed by atoms with Crippen LogP contribution in [0.4, 0.5) is 0 Å². The van der Waals surface area contributed by atoms with Crippen LogP contribution in [0.3, 0.4) is 0 Å². The van der Waals surface area contributed by atoms with Crippen LogP contribution in [-0.4, -0.2) is 20.5 Å². The summed E-state index contributed by atoms with van der Waals surface area (Å²) in [6, 6.07) is 3.97. The minimum absolute atomic E-state index is 0.134. The van der Waals surface area contributed by atoms with Crippen molar-refractivity contribution in [1.82, 2.24) is 9.38 Å². The first kappa shape index (κ1) is 9.39. The van der Waals surface area contributed by atoms with E-state index >= 15 is 0 Å². The van der Waals surface area contributed by atoms with Crippen LogP contribution in [0, 0.1) is 12.8 Å². The lowest BCUT2D eigenvalue weighted by Crippen LogP contribution is -2.00. The van der Waals surface area contributed by atoms with Gasteiger partial charge in [-0.05, 0) is 25.0 Å². The standard InChI is InChI=1S/C12H12N2O2/c1-7-3-2-4-14-10(6-13-11(7)14)8-5-9(8)12(15)16/h2-4,6,8-9H,5H2,1H3,(H,15,16). The number of carbonyl (C=O) groups is 1. The lowest BCUT2D eigenvalue weighted by molar-refractivity contribution is -0.138. The van der Waals surface area contributed by atoms with Crippen LogP contribution in [0.15, 0.2) is 24.5 Å². The fraction of sp³-hybridized carbons (Fsp3) is 0.333. The Balaban J connectivity index is 2.07. The number of fused-ring (bicyclic) bond motifs is 1. The predicted molar refractivity (Wildman–Crippen MR) is 58.4 cm³/mol. The number of nitrogens with zero attached hydrogens (tertiary/aromatic N) is 2. The summed E-state index contributed by atoms with van der Waals surface area (Å²) in [5.41, 5.74) is 3.06. The molecule has 0 bridgehead atoms. The minimum Gasteiger partial charge on any atom is -0.481 e. The highest BCUT2D eigenvalue weighted by Gasteiger charge is 2.45. The molecule has 0 radical (unpaired) electrons. The van der Waals surface area contributed by atoms with Gasteiger partial charge < -0.3 is 9.51 Å². The first-order valence-corrected chi connectivity index (χ1v) is 5.34. The second-order valence-corrected chi connectivity index (χ2v) is 4.35. The Morgan fingerprint density at radius 1 is 1.62 bits per heavy atom. The quantitative estimate of drug-likeness (QED) is 0.833. The number of imidazole rings is 1. The molecule has 82 valence electrons. The van der Waals surface area contributed by atoms with Crippen molar-refractivity contribution in [3.05, 3.63) is 35.8 Å². The van der Waals surface area contributed by atoms with Gasteiger partial charge in [0.15, 0.2) is 0 Å². The molecule has 0 aromatic carbocycles. The summed E-state index contributed by atoms with van der Waals surface area (Å²) >= 11 is 0. The molecule has 0 aliphatic heterocycles. The van der Waals surface area contributed by atoms with E-state index in [-0.39, 0.29) is 11.8 Å². The summed E-state index contributed by atoms with van der Waals surface area (Å²) < 4.78 is 2.00. The van der Waals surface area contributed by atoms with Gasteiger partial charge in [-0.1, -0.05) is 6.07 Å². The van der Waals surface area contributed by atoms with Crippen molar-refractivity contribution in [2.24, 2.45) is 5.92 Å². The third kappa shape index (κ3) is 1.23. The Labute approximate surface area is 92.5 Å². The molecule has 3 rings (SSSR count). The summed E-state index contributed by atoms with van der Waals surface area (Å²) in [5, 5.41) is 8.92. The van der Waals surface area contributed by atoms with E-state index < -0.39 is 5.97 Å². The lowest BCUT2D eigenvalue weighted by atomic mass is 10.2. The normalized spacial score (nSPS) is 23.6. The number of hydrogen-bond acceptors (Lipinski definition) is 2. The van der Waals surface area contributed by atoms with Crippen molar-refractivity contribution in [2.45, 2.75) is 19.3 Å². The molecule has 1 fully saturated rings. The van der Waals surface area contributed by atoms with E-state index in [2.05, 4.69) is 4.98 Å². The number of pyridine rings is 1. The fourth-order valence-electron chi connectivity index (χ4n) is 2.24. The highest BCUT2D eigenvalue weighted by Crippen LogP contribution is 2.47. The molecule has 2 heterocycles. The van der Waals surface area contributed by atoms with Crippen molar-refractivity contribution in [3.63, 3.8) is 0 Å². The molecule has 1 saturated carbocycles. The van der Waals surface area contributed by atoms with E-state index in [1.165, 1.54) is 0 Å². The number of aliphatic carboxylic acids is 1. The average molecular weight is 216 g/mol. The summed E-state index contributed by atoms with van der Waals surface area (Å²) in [6.07, 6.45) is 4.48. The topological polar surface area (TPSA) is 54.6 Å². The number of hydrogen-bond donors (Lipinski definition) is 1. The van der Waals surface area contributed by atoms with Crippen molar-refractivity contribution < 1.29 is 9.90 Å². The van der Waals surface area contributed by atoms with Crippen LogP contribution in [0.25, 0.3) is 5.65 Å². The Kier molecular flexibility index (Phi) is 1.80. The maximum Gasteiger partial charge on any atom is 0.307 e. The summed E-state index contributed by atoms with van der Waals surface area (Å²) in [6.45, 7) is 2.01. The van der Waals surface area contributed by atoms with Gasteiger partial charge in [0.2, 0.25) is 0 Å². The molecule has 4 nitrogen and oxygen atoms in total. The number of aryl methyl sites for hydroxylation is 1. The molecule has 2 unspecified atom stereocenters. The Morgan fingerprint density at radius 3 is 3.12 bits per heavy atom. The third-order valence-corrected chi connectivity index (χ3v) is 3.25. The van der Waals surface area contributed by atoms with E-state index in [1.54, 1.807) is 6.20 Å². The van der Waals surface area contributed by atoms with Gasteiger partial charge >= 0.3 is 5.97 Å². The Hall–Kier alpha value is -1.84. The first-order valence-electron chi connectivity index (χ1n) is 5.34. The van der Waals surface area contributed by atoms with Crippen molar-refractivity contribution in [1.29, 1.82) is 0 Å². The predicted octanol–water partition coefficient (Wildman–Crippen LogP) is 1.83. The monoisotopic (exact) mass is 216 g/mol. The molecular formula is C12H12N2O2. The zero-order valence-electron chi connectivity index (χ0n) is 8.92. The number of aromatic nitrogens is 2. The summed E-state index contributed by atoms with van der Waals surface area (Å²) in [4.78, 5) is 15.2. The minimum atomic E-state index is -0.701. The first-order chi connectivity index (χ1) is 7.68. The Morgan fingerprint density at radius 2 is 2.44 bits per heavy atom. The number of rotatable bonds is 2. The second-order valence-electron chi connectivity index (χ2n) is 4.35. The molecule has 16 heavy (non-hydrogen) atoms. The molecular weight excluding hydrogens is 204 g/mol. The van der Waals surface area contributed by atoms with Crippen molar-refractivity contribution in [2.75, 3.05) is 0 Å². The molecule has 0 amide bonds. The van der Waals surface area contributed by atoms with E-state index in [0.717, 1.165) is 23.3 Å². The Bertz CT molecular complexity index is 573. The van der Waals surface area contributed by atoms with Crippen LogP contribution in [-0.2, 0) is 4.79 Å². The molecule has 0 saturated heterocycles. The molecule has 2 aromatic heterocycles. The van der Waals surface area contributed by atoms with Crippen LogP contribution in [0.2, 0.25) is 0 Å². The smallest absolute Gasteiger partial charge is 0.307 e. The van der Waals surface area contributed by atoms with Gasteiger partial charge in [-0.15, -0.1) is 0 Å². The van der Waals surface area contributed by atoms with Gasteiger partial charge in [-0.2, -0.15) is 0 Å². The summed E-state index contributed by atoms with van der Waals surface area (Å²) in [7, 11) is 0. The largest absolute Gasteiger partial charge is 0.481 e. The maximum absolute atomic E-state index is 10.8. The number of carboxylic acids is 1. The third-order valence-electron chi connectivity index (χ3n) is 3.25. The molecule has 1 aliphatic rings. The van der Waals surface area contributed by atoms with Gasteiger partial charge in [0.1, 0.15) is 5.65 Å². The van der Waals surface area contributed by atoms with Gasteiger partial charge in [0.05, 0.1) is 5.92 Å². The maximum atomic E-state index is 10.8. The van der Waals surface area contributed by atoms with Gasteiger partial charge in [0, 0.05) is 24.0 Å². The zero-order valence-corrected chi connectivity index (χ0v) is 8.92. The SMILES string of the molecule is Cc1cccn2c(C3CC3C(=O)O)cnc12. The van der Waals surface area contributed by atoms with Crippen molar-refractivity contribution >= 4 is 11.6 Å². The fourth-order valence-corrected chi connectivity index (χ4v) is 2.24. The summed E-state index contributed by atoms with van der Waals surface area (Å²) in [5.74, 6) is -0.790. The number of carboxylic acid groups (broad SMARTS) is 1. The van der Waals surface area contributed by atoms with Gasteiger partial charge in [0.25, 0.3) is 0 Å². The van der Waals surface area contributed by atoms with Gasteiger partial charge in [-0.25, -0.2) is 4.98 Å². The van der Waals surface area contributed by atoms with Crippen LogP contribution in [0.5, 0.6) is 0 Å². The second kappa shape index (κ2) is 3.07. The van der Waals surface area contributed by atoms with E-state index in [1.807, 2.05) is 29.7 Å². The molecule has 2 atom stereocenters. The molecule has 1 N–H and O–H groups in total. The van der Waals surface area contributed by atoms with Crippen LogP contribution >= 0.6 is 0 Å². The zero-order chi connectivity index (χ0) is 11.3. The van der Waals surface area contributed by atoms with Crippen molar-refractivity contribution in [3.8, 4) is 0 Å². The van der Waals surface area contributed by atoms with E-state index in [9.17, 15) is 4.79 Å². The van der Waals surface area contributed by atoms with E-state index in [4.69, 9.17) is 5.11 Å². The molecule has 4 heteroatoms.